The van der Waals surface area contributed by atoms with E-state index in [0.717, 1.165) is 26.3 Å². The number of carbonyl (C=O) groups is 3. The summed E-state index contributed by atoms with van der Waals surface area (Å²) >= 11 is 7.87. The zero-order chi connectivity index (χ0) is 25.3. The Bertz CT molecular complexity index is 1450. The molecule has 2 heterocycles. The topological polar surface area (TPSA) is 101 Å². The number of thioether (sulfide) groups is 1. The van der Waals surface area contributed by atoms with Crippen LogP contribution in [0.2, 0.25) is 0 Å². The number of nitrogen functional groups attached to an aromatic ring is 1. The minimum Gasteiger partial charge on any atom is -0.465 e. The van der Waals surface area contributed by atoms with Crippen molar-refractivity contribution in [3.8, 4) is 0 Å². The third kappa shape index (κ3) is 4.82. The van der Waals surface area contributed by atoms with Crippen molar-refractivity contribution in [1.29, 1.82) is 0 Å². The third-order valence-electron chi connectivity index (χ3n) is 5.34. The first-order valence-corrected chi connectivity index (χ1v) is 13.0. The number of ether oxygens (including phenoxy) is 2. The highest BCUT2D eigenvalue weighted by Gasteiger charge is 2.38. The highest BCUT2D eigenvalue weighted by Crippen LogP contribution is 2.40. The lowest BCUT2D eigenvalue weighted by Gasteiger charge is -2.23. The van der Waals surface area contributed by atoms with Crippen LogP contribution in [0.1, 0.15) is 38.6 Å². The number of hydrogen-bond donors (Lipinski definition) is 1. The Morgan fingerprint density at radius 3 is 2.23 bits per heavy atom. The van der Waals surface area contributed by atoms with E-state index in [1.807, 2.05) is 24.3 Å². The number of esters is 2. The van der Waals surface area contributed by atoms with Crippen LogP contribution in [0.25, 0.3) is 11.0 Å². The Labute approximate surface area is 222 Å². The summed E-state index contributed by atoms with van der Waals surface area (Å²) in [4.78, 5) is 39.9. The smallest absolute Gasteiger partial charge is 0.357 e. The molecule has 1 aliphatic rings. The number of fused-ring (bicyclic) bond motifs is 1. The predicted octanol–water partition coefficient (Wildman–Crippen LogP) is 4.01. The number of nitrogens with zero attached hydrogens (tertiary/aromatic N) is 1. The summed E-state index contributed by atoms with van der Waals surface area (Å²) < 4.78 is 13.2. The van der Waals surface area contributed by atoms with Crippen LogP contribution < -0.4 is 16.3 Å². The molecule has 3 aromatic rings. The van der Waals surface area contributed by atoms with Crippen molar-refractivity contribution in [2.24, 2.45) is 0 Å². The second-order valence-electron chi connectivity index (χ2n) is 7.48. The summed E-state index contributed by atoms with van der Waals surface area (Å²) in [5.74, 6) is -1.80. The summed E-state index contributed by atoms with van der Waals surface area (Å²) in [5.41, 5.74) is 7.83. The number of benzene rings is 2. The van der Waals surface area contributed by atoms with Gasteiger partial charge in [0.05, 0.1) is 24.8 Å². The number of halogens is 2. The van der Waals surface area contributed by atoms with Crippen LogP contribution in [-0.2, 0) is 14.3 Å². The molecule has 0 fully saturated rings. The van der Waals surface area contributed by atoms with Gasteiger partial charge in [-0.05, 0) is 48.4 Å². The molecule has 0 radical (unpaired) electrons. The molecule has 0 saturated carbocycles. The highest BCUT2D eigenvalue weighted by molar-refractivity contribution is 9.10. The maximum absolute atomic E-state index is 13.8. The number of nitrogens with two attached hydrogens (primary N) is 1. The van der Waals surface area contributed by atoms with Gasteiger partial charge in [0.25, 0.3) is 0 Å². The van der Waals surface area contributed by atoms with E-state index < -0.39 is 23.1 Å². The van der Waals surface area contributed by atoms with Crippen LogP contribution in [0.5, 0.6) is 0 Å². The SMILES string of the molecule is CCOC(=O)c1c(N)/c(=C\c2ccc(Br)cc2)c2n1C(=O)[C@H](c1ccc(Br)cc1)SC=2C(=O)OC. The van der Waals surface area contributed by atoms with Crippen molar-refractivity contribution in [3.05, 3.63) is 84.9 Å². The third-order valence-corrected chi connectivity index (χ3v) is 7.70. The molecule has 35 heavy (non-hydrogen) atoms. The van der Waals surface area contributed by atoms with Crippen LogP contribution in [-0.4, -0.2) is 36.1 Å². The van der Waals surface area contributed by atoms with Gasteiger partial charge in [-0.15, -0.1) is 0 Å². The van der Waals surface area contributed by atoms with Crippen LogP contribution in [0.4, 0.5) is 5.69 Å². The molecule has 2 N–H and O–H groups in total. The van der Waals surface area contributed by atoms with Gasteiger partial charge in [0.15, 0.2) is 5.69 Å². The van der Waals surface area contributed by atoms with Crippen LogP contribution in [0, 0.1) is 0 Å². The van der Waals surface area contributed by atoms with Gasteiger partial charge in [-0.3, -0.25) is 9.36 Å². The monoisotopic (exact) mass is 618 g/mol. The largest absolute Gasteiger partial charge is 0.465 e. The number of hydrogen-bond acceptors (Lipinski definition) is 7. The quantitative estimate of drug-likeness (QED) is 0.431. The summed E-state index contributed by atoms with van der Waals surface area (Å²) in [5, 5.41) is -0.222. The molecule has 180 valence electrons. The average molecular weight is 620 g/mol. The average Bonchev–Trinajstić information content (AvgIpc) is 3.13. The maximum Gasteiger partial charge on any atom is 0.357 e. The molecule has 0 unspecified atom stereocenters. The molecular formula is C25H20Br2N2O5S. The van der Waals surface area contributed by atoms with Crippen molar-refractivity contribution in [2.75, 3.05) is 19.5 Å². The Kier molecular flexibility index (Phi) is 7.53. The number of rotatable bonds is 5. The first-order valence-electron chi connectivity index (χ1n) is 10.5. The number of anilines is 1. The van der Waals surface area contributed by atoms with Crippen LogP contribution in [0.3, 0.4) is 0 Å². The molecule has 1 aromatic heterocycles. The lowest BCUT2D eigenvalue weighted by atomic mass is 10.1. The van der Waals surface area contributed by atoms with Crippen LogP contribution in [0.15, 0.2) is 57.5 Å². The molecule has 4 rings (SSSR count). The Morgan fingerprint density at radius 2 is 1.66 bits per heavy atom. The van der Waals surface area contributed by atoms with E-state index in [4.69, 9.17) is 15.2 Å². The second kappa shape index (κ2) is 10.4. The molecule has 0 amide bonds. The van der Waals surface area contributed by atoms with E-state index in [-0.39, 0.29) is 28.2 Å². The summed E-state index contributed by atoms with van der Waals surface area (Å²) in [7, 11) is 1.27. The molecule has 7 nitrogen and oxygen atoms in total. The van der Waals surface area contributed by atoms with E-state index in [2.05, 4.69) is 31.9 Å². The standard InChI is InChI=1S/C25H20Br2N2O5S/c1-3-34-24(31)20-18(28)17(12-13-4-8-15(26)9-5-13)19-22(25(32)33-2)35-21(23(30)29(19)20)14-6-10-16(27)11-7-14/h4-12,21H,3,28H2,1-2H3/b17-12+/t21-/m0/s1. The summed E-state index contributed by atoms with van der Waals surface area (Å²) in [6.45, 7) is 1.76. The lowest BCUT2D eigenvalue weighted by Crippen LogP contribution is -2.42. The number of aromatic nitrogens is 1. The zero-order valence-electron chi connectivity index (χ0n) is 18.7. The van der Waals surface area contributed by atoms with Crippen molar-refractivity contribution in [3.63, 3.8) is 0 Å². The molecule has 1 aliphatic heterocycles. The minimum atomic E-state index is -0.801. The molecule has 0 spiro atoms. The fourth-order valence-electron chi connectivity index (χ4n) is 3.75. The van der Waals surface area contributed by atoms with E-state index in [9.17, 15) is 14.4 Å². The summed E-state index contributed by atoms with van der Waals surface area (Å²) in [6.07, 6.45) is 1.73. The molecule has 2 aromatic carbocycles. The van der Waals surface area contributed by atoms with Gasteiger partial charge >= 0.3 is 11.9 Å². The van der Waals surface area contributed by atoms with Gasteiger partial charge in [-0.2, -0.15) is 0 Å². The Morgan fingerprint density at radius 1 is 1.06 bits per heavy atom. The maximum atomic E-state index is 13.8. The highest BCUT2D eigenvalue weighted by atomic mass is 79.9. The number of carbonyl (C=O) groups excluding carboxylic acids is 3. The minimum absolute atomic E-state index is 0.0492. The van der Waals surface area contributed by atoms with Gasteiger partial charge in [0, 0.05) is 14.2 Å². The van der Waals surface area contributed by atoms with Crippen LogP contribution >= 0.6 is 43.6 Å². The zero-order valence-corrected chi connectivity index (χ0v) is 22.7. The van der Waals surface area contributed by atoms with Gasteiger partial charge in [0.1, 0.15) is 10.2 Å². The molecule has 0 bridgehead atoms. The van der Waals surface area contributed by atoms with Gasteiger partial charge in [-0.1, -0.05) is 67.9 Å². The van der Waals surface area contributed by atoms with Crippen molar-refractivity contribution < 1.29 is 23.9 Å². The molecule has 1 atom stereocenters. The first-order chi connectivity index (χ1) is 16.8. The predicted molar refractivity (Wildman–Crippen MR) is 142 cm³/mol. The van der Waals surface area contributed by atoms with E-state index in [0.29, 0.717) is 10.8 Å². The number of methoxy groups -OCH3 is 1. The molecular weight excluding hydrogens is 600 g/mol. The van der Waals surface area contributed by atoms with E-state index >= 15 is 0 Å². The Balaban J connectivity index is 2.08. The fraction of sp³-hybridized carbons (Fsp3) is 0.160. The lowest BCUT2D eigenvalue weighted by molar-refractivity contribution is -0.133. The van der Waals surface area contributed by atoms with Crippen molar-refractivity contribution >= 4 is 78.1 Å². The van der Waals surface area contributed by atoms with E-state index in [1.165, 1.54) is 11.7 Å². The second-order valence-corrected chi connectivity index (χ2v) is 10.4. The molecule has 0 saturated heterocycles. The molecule has 10 heteroatoms. The van der Waals surface area contributed by atoms with Gasteiger partial charge < -0.3 is 15.2 Å². The molecule has 0 aliphatic carbocycles. The Hall–Kier alpha value is -2.82. The van der Waals surface area contributed by atoms with Crippen molar-refractivity contribution in [2.45, 2.75) is 12.2 Å². The van der Waals surface area contributed by atoms with Gasteiger partial charge in [0.2, 0.25) is 5.91 Å². The normalized spacial score (nSPS) is 15.7. The summed E-state index contributed by atoms with van der Waals surface area (Å²) in [6, 6.07) is 14.6. The first kappa shape index (κ1) is 25.3. The van der Waals surface area contributed by atoms with Crippen molar-refractivity contribution in [1.82, 2.24) is 4.57 Å². The van der Waals surface area contributed by atoms with Gasteiger partial charge in [-0.25, -0.2) is 9.59 Å². The van der Waals surface area contributed by atoms with E-state index in [1.54, 1.807) is 37.3 Å². The fourth-order valence-corrected chi connectivity index (χ4v) is 5.51.